The molecule has 2 rings (SSSR count). The van der Waals surface area contributed by atoms with Gasteiger partial charge < -0.3 is 15.0 Å². The number of H-pyrrole nitrogens is 1. The van der Waals surface area contributed by atoms with Crippen LogP contribution in [-0.2, 0) is 6.54 Å². The first-order chi connectivity index (χ1) is 9.49. The van der Waals surface area contributed by atoms with Crippen molar-refractivity contribution in [3.8, 4) is 17.0 Å². The average Bonchev–Trinajstić information content (AvgIpc) is 2.75. The summed E-state index contributed by atoms with van der Waals surface area (Å²) >= 11 is 3.43. The lowest BCUT2D eigenvalue weighted by atomic mass is 9.94. The highest BCUT2D eigenvalue weighted by Crippen LogP contribution is 2.35. The van der Waals surface area contributed by atoms with Gasteiger partial charge in [-0.25, -0.2) is 4.98 Å². The topological polar surface area (TPSA) is 49.9 Å². The van der Waals surface area contributed by atoms with Gasteiger partial charge in [-0.3, -0.25) is 0 Å². The molecule has 2 N–H and O–H groups in total. The second-order valence-corrected chi connectivity index (χ2v) is 5.66. The van der Waals surface area contributed by atoms with Crippen molar-refractivity contribution in [2.75, 3.05) is 14.2 Å². The van der Waals surface area contributed by atoms with Crippen molar-refractivity contribution < 1.29 is 4.74 Å². The molecule has 0 saturated carbocycles. The molecule has 2 aromatic rings. The van der Waals surface area contributed by atoms with E-state index in [0.717, 1.165) is 34.0 Å². The number of imidazole rings is 1. The normalized spacial score (nSPS) is 10.9. The molecule has 20 heavy (non-hydrogen) atoms. The summed E-state index contributed by atoms with van der Waals surface area (Å²) < 4.78 is 6.19. The quantitative estimate of drug-likeness (QED) is 0.897. The van der Waals surface area contributed by atoms with E-state index in [1.807, 2.05) is 7.05 Å². The molecule has 0 spiro atoms. The number of methoxy groups -OCH3 is 1. The molecule has 0 unspecified atom stereocenters. The fraction of sp³-hybridized carbons (Fsp3) is 0.400. The Morgan fingerprint density at radius 2 is 2.00 bits per heavy atom. The van der Waals surface area contributed by atoms with Crippen LogP contribution in [0.1, 0.15) is 22.4 Å². The Hall–Kier alpha value is -1.33. The molecule has 1 aromatic heterocycles. The van der Waals surface area contributed by atoms with E-state index in [2.05, 4.69) is 58.1 Å². The van der Waals surface area contributed by atoms with Crippen LogP contribution in [-0.4, -0.2) is 24.1 Å². The molecule has 0 aliphatic carbocycles. The Balaban J connectivity index is 2.67. The number of halogens is 1. The predicted molar refractivity (Wildman–Crippen MR) is 85.3 cm³/mol. The minimum atomic E-state index is 0.748. The highest BCUT2D eigenvalue weighted by molar-refractivity contribution is 9.10. The molecule has 1 heterocycles. The molecular weight excluding hydrogens is 318 g/mol. The fourth-order valence-electron chi connectivity index (χ4n) is 2.51. The summed E-state index contributed by atoms with van der Waals surface area (Å²) in [5.74, 6) is 0.925. The number of hydrogen-bond donors (Lipinski definition) is 2. The zero-order valence-electron chi connectivity index (χ0n) is 12.5. The van der Waals surface area contributed by atoms with Gasteiger partial charge in [0.15, 0.2) is 4.73 Å². The molecule has 0 saturated heterocycles. The first-order valence-electron chi connectivity index (χ1n) is 6.53. The van der Waals surface area contributed by atoms with E-state index in [0.29, 0.717) is 0 Å². The zero-order valence-corrected chi connectivity index (χ0v) is 14.1. The van der Waals surface area contributed by atoms with Crippen molar-refractivity contribution in [1.82, 2.24) is 15.3 Å². The lowest BCUT2D eigenvalue weighted by Gasteiger charge is -2.15. The molecule has 0 radical (unpaired) electrons. The van der Waals surface area contributed by atoms with Gasteiger partial charge in [-0.1, -0.05) is 0 Å². The zero-order chi connectivity index (χ0) is 14.9. The van der Waals surface area contributed by atoms with Crippen LogP contribution in [0.25, 0.3) is 11.3 Å². The second-order valence-electron chi connectivity index (χ2n) is 4.91. The number of nitrogens with zero attached hydrogens (tertiary/aromatic N) is 1. The van der Waals surface area contributed by atoms with E-state index in [-0.39, 0.29) is 0 Å². The lowest BCUT2D eigenvalue weighted by Crippen LogP contribution is -2.07. The molecule has 0 aliphatic heterocycles. The number of aromatic amines is 1. The largest absolute Gasteiger partial charge is 0.496 e. The number of hydrogen-bond acceptors (Lipinski definition) is 3. The molecule has 0 atom stereocenters. The summed E-state index contributed by atoms with van der Waals surface area (Å²) in [5.41, 5.74) is 6.78. The summed E-state index contributed by atoms with van der Waals surface area (Å²) in [4.78, 5) is 7.86. The minimum absolute atomic E-state index is 0.748. The van der Waals surface area contributed by atoms with Gasteiger partial charge in [0.1, 0.15) is 5.75 Å². The van der Waals surface area contributed by atoms with Crippen molar-refractivity contribution in [3.63, 3.8) is 0 Å². The summed E-state index contributed by atoms with van der Waals surface area (Å²) in [6, 6.07) is 2.07. The Morgan fingerprint density at radius 3 is 2.60 bits per heavy atom. The van der Waals surface area contributed by atoms with E-state index in [9.17, 15) is 0 Å². The van der Waals surface area contributed by atoms with Gasteiger partial charge in [0.05, 0.1) is 18.5 Å². The monoisotopic (exact) mass is 337 g/mol. The Morgan fingerprint density at radius 1 is 1.30 bits per heavy atom. The third-order valence-electron chi connectivity index (χ3n) is 3.61. The van der Waals surface area contributed by atoms with Crippen molar-refractivity contribution in [1.29, 1.82) is 0 Å². The molecule has 0 amide bonds. The van der Waals surface area contributed by atoms with Crippen LogP contribution in [0.15, 0.2) is 10.8 Å². The summed E-state index contributed by atoms with van der Waals surface area (Å²) in [5, 5.41) is 3.17. The third kappa shape index (κ3) is 2.60. The maximum atomic E-state index is 5.43. The van der Waals surface area contributed by atoms with Crippen molar-refractivity contribution in [3.05, 3.63) is 33.2 Å². The van der Waals surface area contributed by atoms with Gasteiger partial charge in [0, 0.05) is 12.1 Å². The second kappa shape index (κ2) is 5.97. The first kappa shape index (κ1) is 15.1. The third-order valence-corrected chi connectivity index (χ3v) is 3.98. The van der Waals surface area contributed by atoms with E-state index < -0.39 is 0 Å². The van der Waals surface area contributed by atoms with E-state index in [1.165, 1.54) is 16.7 Å². The van der Waals surface area contributed by atoms with Crippen LogP contribution < -0.4 is 10.1 Å². The van der Waals surface area contributed by atoms with Crippen LogP contribution in [0.4, 0.5) is 0 Å². The Bertz CT molecular complexity index is 635. The maximum absolute atomic E-state index is 5.43. The van der Waals surface area contributed by atoms with Gasteiger partial charge in [-0.15, -0.1) is 0 Å². The molecule has 0 fully saturated rings. The van der Waals surface area contributed by atoms with Crippen molar-refractivity contribution in [2.45, 2.75) is 27.3 Å². The summed E-state index contributed by atoms with van der Waals surface area (Å²) in [6.07, 6.45) is 0. The smallest absolute Gasteiger partial charge is 0.175 e. The van der Waals surface area contributed by atoms with Crippen molar-refractivity contribution in [2.24, 2.45) is 0 Å². The predicted octanol–water partition coefficient (Wildman–Crippen LogP) is 3.49. The molecule has 5 heteroatoms. The highest BCUT2D eigenvalue weighted by atomic mass is 79.9. The first-order valence-corrected chi connectivity index (χ1v) is 7.33. The average molecular weight is 338 g/mol. The number of benzene rings is 1. The molecule has 4 nitrogen and oxygen atoms in total. The molecule has 1 aromatic carbocycles. The Labute approximate surface area is 128 Å². The van der Waals surface area contributed by atoms with Gasteiger partial charge in [0.25, 0.3) is 0 Å². The minimum Gasteiger partial charge on any atom is -0.496 e. The molecule has 108 valence electrons. The van der Waals surface area contributed by atoms with Crippen LogP contribution in [0.3, 0.4) is 0 Å². The van der Waals surface area contributed by atoms with Crippen LogP contribution in [0.2, 0.25) is 0 Å². The maximum Gasteiger partial charge on any atom is 0.175 e. The van der Waals surface area contributed by atoms with Crippen LogP contribution >= 0.6 is 15.9 Å². The van der Waals surface area contributed by atoms with Gasteiger partial charge in [0.2, 0.25) is 0 Å². The highest BCUT2D eigenvalue weighted by Gasteiger charge is 2.18. The number of ether oxygens (including phenoxy) is 1. The van der Waals surface area contributed by atoms with Crippen molar-refractivity contribution >= 4 is 15.9 Å². The molecular formula is C15H20BrN3O. The number of aryl methyl sites for hydroxylation is 1. The molecule has 0 bridgehead atoms. The van der Waals surface area contributed by atoms with Gasteiger partial charge in [-0.05, 0) is 66.5 Å². The Kier molecular flexibility index (Phi) is 4.50. The number of nitrogens with one attached hydrogen (secondary N) is 2. The van der Waals surface area contributed by atoms with E-state index >= 15 is 0 Å². The number of rotatable bonds is 4. The van der Waals surface area contributed by atoms with Gasteiger partial charge in [-0.2, -0.15) is 0 Å². The van der Waals surface area contributed by atoms with Crippen LogP contribution in [0, 0.1) is 20.8 Å². The summed E-state index contributed by atoms with van der Waals surface area (Å²) in [7, 11) is 3.63. The molecule has 0 aliphatic rings. The van der Waals surface area contributed by atoms with E-state index in [4.69, 9.17) is 4.74 Å². The SMILES string of the molecule is CNCc1[nH]c(Br)nc1-c1c(C)cc(OC)c(C)c1C. The fourth-order valence-corrected chi connectivity index (χ4v) is 2.93. The number of aromatic nitrogens is 2. The standard InChI is InChI=1S/C15H20BrN3O/c1-8-6-12(20-5)9(2)10(3)13(8)14-11(7-17-4)18-15(16)19-14/h6,17H,7H2,1-5H3,(H,18,19). The van der Waals surface area contributed by atoms with Gasteiger partial charge >= 0.3 is 0 Å². The summed E-state index contributed by atoms with van der Waals surface area (Å²) in [6.45, 7) is 7.04. The van der Waals surface area contributed by atoms with E-state index in [1.54, 1.807) is 7.11 Å². The lowest BCUT2D eigenvalue weighted by molar-refractivity contribution is 0.411. The van der Waals surface area contributed by atoms with Crippen LogP contribution in [0.5, 0.6) is 5.75 Å².